The molecule has 1 N–H and O–H groups in total. The lowest BCUT2D eigenvalue weighted by Crippen LogP contribution is -2.15. The highest BCUT2D eigenvalue weighted by molar-refractivity contribution is 7.16. The minimum Gasteiger partial charge on any atom is -0.484 e. The first-order valence-corrected chi connectivity index (χ1v) is 8.37. The summed E-state index contributed by atoms with van der Waals surface area (Å²) < 4.78 is 7.09. The van der Waals surface area contributed by atoms with Gasteiger partial charge in [0.15, 0.2) is 0 Å². The maximum atomic E-state index is 6.30. The fraction of sp³-hybridized carbons (Fsp3) is 0.235. The Labute approximate surface area is 138 Å². The van der Waals surface area contributed by atoms with E-state index in [1.807, 2.05) is 49.5 Å². The van der Waals surface area contributed by atoms with Crippen molar-refractivity contribution >= 4 is 33.8 Å². The maximum absolute atomic E-state index is 6.30. The van der Waals surface area contributed by atoms with E-state index in [0.717, 1.165) is 38.8 Å². The molecule has 2 heterocycles. The highest BCUT2D eigenvalue weighted by atomic mass is 35.5. The van der Waals surface area contributed by atoms with Crippen molar-refractivity contribution in [3.05, 3.63) is 57.9 Å². The number of pyridine rings is 1. The number of nitrogens with one attached hydrogen (secondary N) is 1. The first-order chi connectivity index (χ1) is 10.8. The molecule has 2 aromatic heterocycles. The molecule has 1 atom stereocenters. The van der Waals surface area contributed by atoms with Crippen LogP contribution in [0, 0.1) is 0 Å². The second kappa shape index (κ2) is 7.09. The monoisotopic (exact) mass is 332 g/mol. The normalized spacial score (nSPS) is 12.5. The molecule has 0 bridgehead atoms. The number of aromatic nitrogens is 1. The molecule has 0 fully saturated rings. The van der Waals surface area contributed by atoms with E-state index < -0.39 is 0 Å². The molecule has 3 rings (SSSR count). The van der Waals surface area contributed by atoms with Crippen molar-refractivity contribution < 1.29 is 4.74 Å². The van der Waals surface area contributed by atoms with Crippen molar-refractivity contribution in [3.8, 4) is 5.75 Å². The van der Waals surface area contributed by atoms with Crippen LogP contribution in [-0.2, 0) is 0 Å². The summed E-state index contributed by atoms with van der Waals surface area (Å²) in [5, 5.41) is 4.21. The molecule has 0 unspecified atom stereocenters. The summed E-state index contributed by atoms with van der Waals surface area (Å²) in [5.41, 5.74) is 0.941. The third-order valence-electron chi connectivity index (χ3n) is 3.44. The van der Waals surface area contributed by atoms with E-state index in [-0.39, 0.29) is 6.10 Å². The third-order valence-corrected chi connectivity index (χ3v) is 4.77. The number of hydrogen-bond donors (Lipinski definition) is 1. The van der Waals surface area contributed by atoms with Crippen molar-refractivity contribution in [2.45, 2.75) is 12.5 Å². The molecule has 114 valence electrons. The van der Waals surface area contributed by atoms with Gasteiger partial charge in [0.2, 0.25) is 0 Å². The number of halogens is 1. The average molecular weight is 333 g/mol. The first-order valence-electron chi connectivity index (χ1n) is 7.18. The minimum absolute atomic E-state index is 0.0178. The largest absolute Gasteiger partial charge is 0.484 e. The molecule has 0 saturated heterocycles. The fourth-order valence-corrected chi connectivity index (χ4v) is 3.49. The average Bonchev–Trinajstić information content (AvgIpc) is 2.98. The van der Waals surface area contributed by atoms with Gasteiger partial charge in [0.05, 0.1) is 9.85 Å². The second-order valence-corrected chi connectivity index (χ2v) is 6.71. The summed E-state index contributed by atoms with van der Waals surface area (Å²) in [5.74, 6) is 0.858. The van der Waals surface area contributed by atoms with Gasteiger partial charge in [0.25, 0.3) is 0 Å². The van der Waals surface area contributed by atoms with E-state index in [4.69, 9.17) is 16.3 Å². The van der Waals surface area contributed by atoms with Gasteiger partial charge in [-0.2, -0.15) is 0 Å². The molecule has 22 heavy (non-hydrogen) atoms. The molecule has 0 aliphatic rings. The highest BCUT2D eigenvalue weighted by Crippen LogP contribution is 2.34. The van der Waals surface area contributed by atoms with E-state index in [9.17, 15) is 0 Å². The number of fused-ring (bicyclic) bond motifs is 1. The lowest BCUT2D eigenvalue weighted by molar-refractivity contribution is 0.201. The summed E-state index contributed by atoms with van der Waals surface area (Å²) >= 11 is 7.64. The Morgan fingerprint density at radius 1 is 1.23 bits per heavy atom. The zero-order valence-corrected chi connectivity index (χ0v) is 13.8. The molecule has 0 aliphatic heterocycles. The van der Waals surface area contributed by atoms with Crippen LogP contribution in [0.25, 0.3) is 10.9 Å². The van der Waals surface area contributed by atoms with Crippen LogP contribution >= 0.6 is 22.9 Å². The van der Waals surface area contributed by atoms with E-state index >= 15 is 0 Å². The van der Waals surface area contributed by atoms with Crippen LogP contribution in [0.5, 0.6) is 5.75 Å². The van der Waals surface area contributed by atoms with Gasteiger partial charge in [0.1, 0.15) is 11.9 Å². The van der Waals surface area contributed by atoms with Crippen molar-refractivity contribution in [2.24, 2.45) is 0 Å². The SMILES string of the molecule is CNCC[C@@H](Oc1cccc2ncccc12)c1ccc(Cl)s1. The van der Waals surface area contributed by atoms with Crippen LogP contribution in [-0.4, -0.2) is 18.6 Å². The topological polar surface area (TPSA) is 34.1 Å². The van der Waals surface area contributed by atoms with Crippen molar-refractivity contribution in [1.29, 1.82) is 0 Å². The molecular formula is C17H17ClN2OS. The van der Waals surface area contributed by atoms with Crippen LogP contribution in [0.2, 0.25) is 4.34 Å². The van der Waals surface area contributed by atoms with Crippen molar-refractivity contribution in [2.75, 3.05) is 13.6 Å². The number of rotatable bonds is 6. The standard InChI is InChI=1S/C17H17ClN2OS/c1-19-11-9-15(16-7-8-17(18)22-16)21-14-6-2-5-13-12(14)4-3-10-20-13/h2-8,10,15,19H,9,11H2,1H3/t15-/m1/s1. The van der Waals surface area contributed by atoms with Gasteiger partial charge in [-0.25, -0.2) is 0 Å². The first kappa shape index (κ1) is 15.3. The van der Waals surface area contributed by atoms with Crippen LogP contribution in [0.4, 0.5) is 0 Å². The second-order valence-electron chi connectivity index (χ2n) is 4.97. The van der Waals surface area contributed by atoms with Crippen molar-refractivity contribution in [3.63, 3.8) is 0 Å². The predicted octanol–water partition coefficient (Wildman–Crippen LogP) is 4.68. The lowest BCUT2D eigenvalue weighted by atomic mass is 10.1. The number of hydrogen-bond acceptors (Lipinski definition) is 4. The van der Waals surface area contributed by atoms with E-state index in [1.54, 1.807) is 17.5 Å². The molecule has 0 spiro atoms. The van der Waals surface area contributed by atoms with E-state index in [2.05, 4.69) is 10.3 Å². The predicted molar refractivity (Wildman–Crippen MR) is 93.0 cm³/mol. The number of ether oxygens (including phenoxy) is 1. The van der Waals surface area contributed by atoms with Gasteiger partial charge < -0.3 is 10.1 Å². The Bertz CT molecular complexity index is 754. The van der Waals surface area contributed by atoms with E-state index in [0.29, 0.717) is 0 Å². The molecule has 3 aromatic rings. The Hall–Kier alpha value is -1.62. The van der Waals surface area contributed by atoms with Gasteiger partial charge >= 0.3 is 0 Å². The summed E-state index contributed by atoms with van der Waals surface area (Å²) in [6.07, 6.45) is 2.66. The van der Waals surface area contributed by atoms with Gasteiger partial charge in [-0.05, 0) is 50.0 Å². The molecule has 1 aromatic carbocycles. The van der Waals surface area contributed by atoms with Crippen molar-refractivity contribution in [1.82, 2.24) is 10.3 Å². The van der Waals surface area contributed by atoms with Crippen LogP contribution in [0.3, 0.4) is 0 Å². The smallest absolute Gasteiger partial charge is 0.134 e. The van der Waals surface area contributed by atoms with Gasteiger partial charge in [-0.15, -0.1) is 11.3 Å². The quantitative estimate of drug-likeness (QED) is 0.711. The zero-order valence-electron chi connectivity index (χ0n) is 12.3. The minimum atomic E-state index is -0.0178. The van der Waals surface area contributed by atoms with Crippen LogP contribution < -0.4 is 10.1 Å². The van der Waals surface area contributed by atoms with Gasteiger partial charge in [0, 0.05) is 22.9 Å². The molecule has 3 nitrogen and oxygen atoms in total. The Kier molecular flexibility index (Phi) is 4.93. The highest BCUT2D eigenvalue weighted by Gasteiger charge is 2.16. The summed E-state index contributed by atoms with van der Waals surface area (Å²) in [6, 6.07) is 13.9. The van der Waals surface area contributed by atoms with Crippen LogP contribution in [0.15, 0.2) is 48.7 Å². The fourth-order valence-electron chi connectivity index (χ4n) is 2.37. The maximum Gasteiger partial charge on any atom is 0.134 e. The Balaban J connectivity index is 1.91. The van der Waals surface area contributed by atoms with Gasteiger partial charge in [-0.3, -0.25) is 4.98 Å². The third kappa shape index (κ3) is 3.40. The number of benzene rings is 1. The molecule has 0 saturated carbocycles. The molecule has 0 radical (unpaired) electrons. The number of thiophene rings is 1. The lowest BCUT2D eigenvalue weighted by Gasteiger charge is -2.19. The summed E-state index contributed by atoms with van der Waals surface area (Å²) in [6.45, 7) is 0.878. The Morgan fingerprint density at radius 3 is 2.91 bits per heavy atom. The van der Waals surface area contributed by atoms with Gasteiger partial charge in [-0.1, -0.05) is 17.7 Å². The molecular weight excluding hydrogens is 316 g/mol. The number of nitrogens with zero attached hydrogens (tertiary/aromatic N) is 1. The zero-order chi connectivity index (χ0) is 15.4. The molecule has 0 amide bonds. The molecule has 0 aliphatic carbocycles. The summed E-state index contributed by atoms with van der Waals surface area (Å²) in [4.78, 5) is 5.52. The Morgan fingerprint density at radius 2 is 2.14 bits per heavy atom. The van der Waals surface area contributed by atoms with E-state index in [1.165, 1.54) is 0 Å². The molecule has 5 heteroatoms. The summed E-state index contributed by atoms with van der Waals surface area (Å²) in [7, 11) is 1.94. The van der Waals surface area contributed by atoms with Crippen LogP contribution in [0.1, 0.15) is 17.4 Å².